The van der Waals surface area contributed by atoms with Crippen molar-refractivity contribution in [3.63, 3.8) is 0 Å². The molecular weight excluding hydrogens is 411 g/mol. The van der Waals surface area contributed by atoms with Crippen LogP contribution in [-0.2, 0) is 15.7 Å². The van der Waals surface area contributed by atoms with E-state index in [0.29, 0.717) is 10.9 Å². The smallest absolute Gasteiger partial charge is 0.372 e. The highest BCUT2D eigenvalue weighted by molar-refractivity contribution is 7.13. The first-order chi connectivity index (χ1) is 13.6. The van der Waals surface area contributed by atoms with Gasteiger partial charge in [-0.3, -0.25) is 14.9 Å². The van der Waals surface area contributed by atoms with Crippen molar-refractivity contribution >= 4 is 17.2 Å². The molecule has 1 amide bonds. The number of pyridine rings is 1. The van der Waals surface area contributed by atoms with Crippen LogP contribution in [0.2, 0.25) is 0 Å². The molecule has 0 radical (unpaired) electrons. The molecule has 0 saturated carbocycles. The van der Waals surface area contributed by atoms with Gasteiger partial charge in [0.05, 0.1) is 22.8 Å². The lowest BCUT2D eigenvalue weighted by Crippen LogP contribution is -2.50. The third-order valence-electron chi connectivity index (χ3n) is 4.40. The highest BCUT2D eigenvalue weighted by Crippen LogP contribution is 2.34. The van der Waals surface area contributed by atoms with Crippen molar-refractivity contribution in [3.05, 3.63) is 51.0 Å². The Hall–Kier alpha value is -2.53. The summed E-state index contributed by atoms with van der Waals surface area (Å²) in [6.45, 7) is 3.70. The van der Waals surface area contributed by atoms with Gasteiger partial charge in [0, 0.05) is 23.6 Å². The fraction of sp³-hybridized carbons (Fsp3) is 0.444. The average molecular weight is 429 g/mol. The SMILES string of the molecule is CC1CN(C(=O)C(c2cc(-c3cccs3)nc(C(F)(F)F)c2)[N+](=O)[O-])CC(C)O1. The van der Waals surface area contributed by atoms with Crippen molar-refractivity contribution in [1.82, 2.24) is 9.88 Å². The lowest BCUT2D eigenvalue weighted by atomic mass is 10.0. The van der Waals surface area contributed by atoms with E-state index < -0.39 is 28.7 Å². The van der Waals surface area contributed by atoms with E-state index in [-0.39, 0.29) is 36.6 Å². The summed E-state index contributed by atoms with van der Waals surface area (Å²) in [5.74, 6) is -0.867. The third-order valence-corrected chi connectivity index (χ3v) is 5.30. The summed E-state index contributed by atoms with van der Waals surface area (Å²) >= 11 is 1.15. The Morgan fingerprint density at radius 1 is 1.34 bits per heavy atom. The first-order valence-electron chi connectivity index (χ1n) is 8.77. The minimum absolute atomic E-state index is 0.0619. The first kappa shape index (κ1) is 21.2. The van der Waals surface area contributed by atoms with E-state index in [1.165, 1.54) is 11.0 Å². The Morgan fingerprint density at radius 2 is 2.00 bits per heavy atom. The zero-order valence-corrected chi connectivity index (χ0v) is 16.4. The van der Waals surface area contributed by atoms with Gasteiger partial charge in [-0.2, -0.15) is 13.2 Å². The van der Waals surface area contributed by atoms with Gasteiger partial charge < -0.3 is 9.64 Å². The second kappa shape index (κ2) is 8.07. The van der Waals surface area contributed by atoms with Crippen LogP contribution in [-0.4, -0.2) is 46.0 Å². The summed E-state index contributed by atoms with van der Waals surface area (Å²) in [6, 6.07) is 2.99. The average Bonchev–Trinajstić information content (AvgIpc) is 3.14. The number of nitrogens with zero attached hydrogens (tertiary/aromatic N) is 3. The number of hydrogen-bond acceptors (Lipinski definition) is 6. The topological polar surface area (TPSA) is 85.6 Å². The molecule has 1 aliphatic rings. The molecule has 0 aliphatic carbocycles. The molecule has 3 atom stereocenters. The number of rotatable bonds is 4. The van der Waals surface area contributed by atoms with Crippen LogP contribution in [0.4, 0.5) is 13.2 Å². The van der Waals surface area contributed by atoms with Crippen LogP contribution in [0.15, 0.2) is 29.6 Å². The van der Waals surface area contributed by atoms with Crippen LogP contribution in [0.25, 0.3) is 10.6 Å². The van der Waals surface area contributed by atoms with Gasteiger partial charge in [0.1, 0.15) is 5.69 Å². The Labute approximate surface area is 168 Å². The van der Waals surface area contributed by atoms with Crippen LogP contribution < -0.4 is 0 Å². The van der Waals surface area contributed by atoms with Crippen molar-refractivity contribution in [2.24, 2.45) is 0 Å². The summed E-state index contributed by atoms with van der Waals surface area (Å²) < 4.78 is 45.6. The Balaban J connectivity index is 2.05. The first-order valence-corrected chi connectivity index (χ1v) is 9.65. The van der Waals surface area contributed by atoms with Crippen molar-refractivity contribution in [2.45, 2.75) is 38.3 Å². The molecule has 11 heteroatoms. The monoisotopic (exact) mass is 429 g/mol. The number of nitro groups is 1. The number of aromatic nitrogens is 1. The Morgan fingerprint density at radius 3 is 2.52 bits per heavy atom. The van der Waals surface area contributed by atoms with E-state index in [1.54, 1.807) is 31.4 Å². The molecule has 29 heavy (non-hydrogen) atoms. The summed E-state index contributed by atoms with van der Waals surface area (Å²) in [6.07, 6.45) is -5.48. The van der Waals surface area contributed by atoms with Crippen LogP contribution in [0.1, 0.15) is 31.1 Å². The van der Waals surface area contributed by atoms with Gasteiger partial charge in [0.25, 0.3) is 0 Å². The number of alkyl halides is 3. The van der Waals surface area contributed by atoms with Gasteiger partial charge in [0.15, 0.2) is 0 Å². The molecule has 1 saturated heterocycles. The largest absolute Gasteiger partial charge is 0.433 e. The van der Waals surface area contributed by atoms with E-state index in [1.807, 2.05) is 0 Å². The Kier molecular flexibility index (Phi) is 5.90. The molecule has 1 fully saturated rings. The van der Waals surface area contributed by atoms with Gasteiger partial charge in [-0.05, 0) is 37.4 Å². The number of morpholine rings is 1. The summed E-state index contributed by atoms with van der Waals surface area (Å²) in [4.78, 5) is 29.1. The van der Waals surface area contributed by atoms with E-state index in [0.717, 1.165) is 11.3 Å². The van der Waals surface area contributed by atoms with Crippen molar-refractivity contribution < 1.29 is 27.6 Å². The number of thiophene rings is 1. The number of ether oxygens (including phenoxy) is 1. The maximum Gasteiger partial charge on any atom is 0.433 e. The fourth-order valence-electron chi connectivity index (χ4n) is 3.29. The molecule has 0 spiro atoms. The van der Waals surface area contributed by atoms with Crippen molar-refractivity contribution in [2.75, 3.05) is 13.1 Å². The van der Waals surface area contributed by atoms with E-state index in [4.69, 9.17) is 4.74 Å². The number of halogens is 3. The summed E-state index contributed by atoms with van der Waals surface area (Å²) in [5, 5.41) is 13.4. The molecule has 0 aromatic carbocycles. The zero-order chi connectivity index (χ0) is 21.3. The van der Waals surface area contributed by atoms with Gasteiger partial charge in [-0.15, -0.1) is 11.3 Å². The molecule has 3 unspecified atom stereocenters. The van der Waals surface area contributed by atoms with E-state index >= 15 is 0 Å². The maximum atomic E-state index is 13.4. The second-order valence-electron chi connectivity index (χ2n) is 6.83. The van der Waals surface area contributed by atoms with E-state index in [9.17, 15) is 28.1 Å². The van der Waals surface area contributed by atoms with Gasteiger partial charge in [-0.1, -0.05) is 6.07 Å². The predicted molar refractivity (Wildman–Crippen MR) is 98.9 cm³/mol. The van der Waals surface area contributed by atoms with Gasteiger partial charge in [-0.25, -0.2) is 4.98 Å². The van der Waals surface area contributed by atoms with Gasteiger partial charge >= 0.3 is 18.1 Å². The molecule has 2 aromatic heterocycles. The number of amides is 1. The molecule has 0 N–H and O–H groups in total. The molecule has 3 heterocycles. The highest BCUT2D eigenvalue weighted by Gasteiger charge is 2.41. The molecular formula is C18H18F3N3O4S. The second-order valence-corrected chi connectivity index (χ2v) is 7.78. The molecule has 1 aliphatic heterocycles. The summed E-state index contributed by atoms with van der Waals surface area (Å²) in [5.41, 5.74) is -1.69. The van der Waals surface area contributed by atoms with Gasteiger partial charge in [0.2, 0.25) is 0 Å². The number of carbonyl (C=O) groups excluding carboxylic acids is 1. The number of carbonyl (C=O) groups is 1. The lowest BCUT2D eigenvalue weighted by molar-refractivity contribution is -0.515. The minimum atomic E-state index is -4.81. The fourth-order valence-corrected chi connectivity index (χ4v) is 3.98. The minimum Gasteiger partial charge on any atom is -0.372 e. The van der Waals surface area contributed by atoms with Crippen molar-refractivity contribution in [1.29, 1.82) is 0 Å². The molecule has 3 rings (SSSR count). The van der Waals surface area contributed by atoms with Crippen LogP contribution in [0.3, 0.4) is 0 Å². The van der Waals surface area contributed by atoms with E-state index in [2.05, 4.69) is 4.98 Å². The van der Waals surface area contributed by atoms with Crippen LogP contribution in [0.5, 0.6) is 0 Å². The Bertz CT molecular complexity index is 894. The lowest BCUT2D eigenvalue weighted by Gasteiger charge is -2.35. The van der Waals surface area contributed by atoms with Crippen LogP contribution in [0, 0.1) is 10.1 Å². The summed E-state index contributed by atoms with van der Waals surface area (Å²) in [7, 11) is 0. The predicted octanol–water partition coefficient (Wildman–Crippen LogP) is 3.78. The molecule has 156 valence electrons. The van der Waals surface area contributed by atoms with Crippen molar-refractivity contribution in [3.8, 4) is 10.6 Å². The number of hydrogen-bond donors (Lipinski definition) is 0. The highest BCUT2D eigenvalue weighted by atomic mass is 32.1. The normalized spacial score (nSPS) is 21.1. The maximum absolute atomic E-state index is 13.4. The molecule has 0 bridgehead atoms. The third kappa shape index (κ3) is 4.73. The molecule has 7 nitrogen and oxygen atoms in total. The standard InChI is InChI=1S/C18H18F3N3O4S/c1-10-8-23(9-11(2)28-10)17(25)16(24(26)27)12-6-13(14-4-3-5-29-14)22-15(7-12)18(19,20)21/h3-7,10-11,16H,8-9H2,1-2H3. The molecule has 2 aromatic rings. The zero-order valence-electron chi connectivity index (χ0n) is 15.5. The quantitative estimate of drug-likeness (QED) is 0.545. The van der Waals surface area contributed by atoms with Crippen LogP contribution >= 0.6 is 11.3 Å².